The number of amidine groups is 1. The Morgan fingerprint density at radius 2 is 2.42 bits per heavy atom. The maximum absolute atomic E-state index is 12.5. The maximum atomic E-state index is 12.5. The van der Waals surface area contributed by atoms with Gasteiger partial charge >= 0.3 is 0 Å². The number of pyridine rings is 1. The van der Waals surface area contributed by atoms with Gasteiger partial charge in [-0.2, -0.15) is 0 Å². The highest BCUT2D eigenvalue weighted by atomic mass is 32.2. The molecule has 0 aromatic carbocycles. The lowest BCUT2D eigenvalue weighted by molar-refractivity contribution is 0.619. The summed E-state index contributed by atoms with van der Waals surface area (Å²) in [5, 5.41) is 6.95. The molecule has 0 aliphatic rings. The number of halogens is 1. The second kappa shape index (κ2) is 4.06. The predicted octanol–water partition coefficient (Wildman–Crippen LogP) is 1.35. The summed E-state index contributed by atoms with van der Waals surface area (Å²) in [7, 11) is 0. The highest BCUT2D eigenvalue weighted by Gasteiger charge is 1.97. The van der Waals surface area contributed by atoms with Crippen LogP contribution in [0.25, 0.3) is 0 Å². The molecule has 12 heavy (non-hydrogen) atoms. The van der Waals surface area contributed by atoms with E-state index in [1.807, 2.05) is 0 Å². The fraction of sp³-hybridized carbons (Fsp3) is 0.143. The molecule has 0 spiro atoms. The Morgan fingerprint density at radius 3 is 3.00 bits per heavy atom. The van der Waals surface area contributed by atoms with E-state index in [1.165, 1.54) is 6.07 Å². The molecule has 0 saturated heterocycles. The third kappa shape index (κ3) is 2.87. The van der Waals surface area contributed by atoms with E-state index in [9.17, 15) is 4.39 Å². The molecular weight excluding hydrogens is 177 g/mol. The average Bonchev–Trinajstić information content (AvgIpc) is 2.01. The van der Waals surface area contributed by atoms with Crippen molar-refractivity contribution < 1.29 is 4.39 Å². The van der Waals surface area contributed by atoms with Crippen LogP contribution in [-0.2, 0) is 5.75 Å². The quantitative estimate of drug-likeness (QED) is 0.540. The van der Waals surface area contributed by atoms with Crippen LogP contribution in [-0.4, -0.2) is 10.2 Å². The van der Waals surface area contributed by atoms with Gasteiger partial charge in [-0.25, -0.2) is 4.39 Å². The topological polar surface area (TPSA) is 62.8 Å². The third-order valence-electron chi connectivity index (χ3n) is 1.16. The Bertz CT molecular complexity index is 290. The van der Waals surface area contributed by atoms with Gasteiger partial charge in [-0.3, -0.25) is 10.4 Å². The van der Waals surface area contributed by atoms with Gasteiger partial charge in [0.25, 0.3) is 0 Å². The van der Waals surface area contributed by atoms with Gasteiger partial charge in [0, 0.05) is 11.9 Å². The first-order valence-electron chi connectivity index (χ1n) is 3.25. The van der Waals surface area contributed by atoms with Gasteiger partial charge in [-0.15, -0.1) is 0 Å². The summed E-state index contributed by atoms with van der Waals surface area (Å²) < 4.78 is 12.5. The first kappa shape index (κ1) is 8.99. The van der Waals surface area contributed by atoms with Crippen molar-refractivity contribution in [2.45, 2.75) is 5.75 Å². The molecule has 1 rings (SSSR count). The molecule has 0 fully saturated rings. The van der Waals surface area contributed by atoms with E-state index in [0.29, 0.717) is 5.75 Å². The van der Waals surface area contributed by atoms with Crippen molar-refractivity contribution in [2.24, 2.45) is 5.73 Å². The molecule has 64 valence electrons. The second-order valence-corrected chi connectivity index (χ2v) is 3.18. The lowest BCUT2D eigenvalue weighted by Gasteiger charge is -1.98. The minimum atomic E-state index is -0.364. The smallest absolute Gasteiger partial charge is 0.151 e. The van der Waals surface area contributed by atoms with Gasteiger partial charge in [0.15, 0.2) is 5.17 Å². The van der Waals surface area contributed by atoms with Crippen LogP contribution in [0.5, 0.6) is 0 Å². The van der Waals surface area contributed by atoms with Crippen LogP contribution in [0.1, 0.15) is 5.56 Å². The van der Waals surface area contributed by atoms with Crippen molar-refractivity contribution in [1.29, 1.82) is 5.41 Å². The van der Waals surface area contributed by atoms with E-state index in [0.717, 1.165) is 23.5 Å². The van der Waals surface area contributed by atoms with Crippen molar-refractivity contribution in [3.8, 4) is 0 Å². The Kier molecular flexibility index (Phi) is 3.04. The molecule has 1 aromatic rings. The van der Waals surface area contributed by atoms with E-state index in [4.69, 9.17) is 11.1 Å². The summed E-state index contributed by atoms with van der Waals surface area (Å²) in [6, 6.07) is 1.38. The number of nitrogens with zero attached hydrogens (tertiary/aromatic N) is 1. The van der Waals surface area contributed by atoms with Crippen molar-refractivity contribution in [1.82, 2.24) is 4.98 Å². The zero-order valence-corrected chi connectivity index (χ0v) is 7.07. The molecule has 0 aliphatic carbocycles. The molecule has 5 heteroatoms. The lowest BCUT2D eigenvalue weighted by Crippen LogP contribution is -2.03. The molecule has 0 unspecified atom stereocenters. The van der Waals surface area contributed by atoms with Crippen LogP contribution < -0.4 is 5.73 Å². The Labute approximate surface area is 73.7 Å². The van der Waals surface area contributed by atoms with Gasteiger partial charge in [0.05, 0.1) is 6.20 Å². The van der Waals surface area contributed by atoms with Gasteiger partial charge in [-0.1, -0.05) is 11.8 Å². The summed E-state index contributed by atoms with van der Waals surface area (Å²) >= 11 is 1.15. The zero-order chi connectivity index (χ0) is 8.97. The Hall–Kier alpha value is -1.10. The molecule has 0 aliphatic heterocycles. The highest BCUT2D eigenvalue weighted by molar-refractivity contribution is 8.13. The van der Waals surface area contributed by atoms with Crippen molar-refractivity contribution in [3.05, 3.63) is 29.8 Å². The van der Waals surface area contributed by atoms with Crippen LogP contribution in [0, 0.1) is 11.2 Å². The average molecular weight is 185 g/mol. The van der Waals surface area contributed by atoms with Crippen LogP contribution >= 0.6 is 11.8 Å². The number of aromatic nitrogens is 1. The van der Waals surface area contributed by atoms with E-state index < -0.39 is 0 Å². The Morgan fingerprint density at radius 1 is 1.67 bits per heavy atom. The number of nitrogens with one attached hydrogen (secondary N) is 1. The molecule has 0 atom stereocenters. The minimum absolute atomic E-state index is 0.0271. The molecule has 3 N–H and O–H groups in total. The van der Waals surface area contributed by atoms with Crippen molar-refractivity contribution in [2.75, 3.05) is 0 Å². The van der Waals surface area contributed by atoms with Gasteiger partial charge in [0.2, 0.25) is 0 Å². The van der Waals surface area contributed by atoms with Crippen LogP contribution in [0.2, 0.25) is 0 Å². The standard InChI is InChI=1S/C7H8FN3S/c8-6-1-5(2-11-3-6)4-12-7(9)10/h1-3H,4H2,(H3,9,10). The monoisotopic (exact) mass is 185 g/mol. The van der Waals surface area contributed by atoms with Crippen molar-refractivity contribution >= 4 is 16.9 Å². The number of hydrogen-bond donors (Lipinski definition) is 2. The van der Waals surface area contributed by atoms with Gasteiger partial charge < -0.3 is 5.73 Å². The summed E-state index contributed by atoms with van der Waals surface area (Å²) in [5.41, 5.74) is 5.84. The van der Waals surface area contributed by atoms with E-state index >= 15 is 0 Å². The van der Waals surface area contributed by atoms with Gasteiger partial charge in [-0.05, 0) is 11.6 Å². The minimum Gasteiger partial charge on any atom is -0.379 e. The number of thioether (sulfide) groups is 1. The molecule has 0 radical (unpaired) electrons. The number of rotatable bonds is 2. The molecular formula is C7H8FN3S. The van der Waals surface area contributed by atoms with Crippen LogP contribution in [0.3, 0.4) is 0 Å². The van der Waals surface area contributed by atoms with E-state index in [-0.39, 0.29) is 11.0 Å². The first-order chi connectivity index (χ1) is 5.68. The first-order valence-corrected chi connectivity index (χ1v) is 4.23. The highest BCUT2D eigenvalue weighted by Crippen LogP contribution is 2.10. The predicted molar refractivity (Wildman–Crippen MR) is 47.4 cm³/mol. The Balaban J connectivity index is 2.57. The molecule has 3 nitrogen and oxygen atoms in total. The number of hydrogen-bond acceptors (Lipinski definition) is 3. The molecule has 1 aromatic heterocycles. The van der Waals surface area contributed by atoms with E-state index in [1.54, 1.807) is 6.20 Å². The molecule has 0 saturated carbocycles. The normalized spacial score (nSPS) is 9.75. The zero-order valence-electron chi connectivity index (χ0n) is 6.25. The van der Waals surface area contributed by atoms with E-state index in [2.05, 4.69) is 4.98 Å². The summed E-state index contributed by atoms with van der Waals surface area (Å²) in [6.45, 7) is 0. The number of nitrogens with two attached hydrogens (primary N) is 1. The van der Waals surface area contributed by atoms with Crippen LogP contribution in [0.4, 0.5) is 4.39 Å². The van der Waals surface area contributed by atoms with Crippen molar-refractivity contribution in [3.63, 3.8) is 0 Å². The second-order valence-electron chi connectivity index (χ2n) is 2.16. The van der Waals surface area contributed by atoms with Gasteiger partial charge in [0.1, 0.15) is 5.82 Å². The maximum Gasteiger partial charge on any atom is 0.151 e. The fourth-order valence-electron chi connectivity index (χ4n) is 0.696. The third-order valence-corrected chi connectivity index (χ3v) is 1.94. The lowest BCUT2D eigenvalue weighted by atomic mass is 10.3. The summed E-state index contributed by atoms with van der Waals surface area (Å²) in [6.07, 6.45) is 2.70. The molecule has 0 bridgehead atoms. The SMILES string of the molecule is N=C(N)SCc1cncc(F)c1. The molecule has 0 amide bonds. The molecule has 1 heterocycles. The van der Waals surface area contributed by atoms with Crippen LogP contribution in [0.15, 0.2) is 18.5 Å². The largest absolute Gasteiger partial charge is 0.379 e. The summed E-state index contributed by atoms with van der Waals surface area (Å²) in [4.78, 5) is 3.66. The fourth-order valence-corrected chi connectivity index (χ4v) is 1.18. The summed E-state index contributed by atoms with van der Waals surface area (Å²) in [5.74, 6) is 0.122.